The number of aromatic nitrogens is 3. The summed E-state index contributed by atoms with van der Waals surface area (Å²) in [5.74, 6) is -2.23. The van der Waals surface area contributed by atoms with Gasteiger partial charge in [0.2, 0.25) is 11.6 Å². The number of ether oxygens (including phenoxy) is 1. The first-order valence-corrected chi connectivity index (χ1v) is 13.2. The van der Waals surface area contributed by atoms with Gasteiger partial charge in [-0.25, -0.2) is 18.6 Å². The number of benzene rings is 1. The van der Waals surface area contributed by atoms with E-state index in [-0.39, 0.29) is 24.6 Å². The van der Waals surface area contributed by atoms with Gasteiger partial charge in [-0.05, 0) is 56.8 Å². The lowest BCUT2D eigenvalue weighted by molar-refractivity contribution is 0.0451. The summed E-state index contributed by atoms with van der Waals surface area (Å²) in [5, 5.41) is 3.04. The van der Waals surface area contributed by atoms with Crippen LogP contribution in [0.3, 0.4) is 0 Å². The fourth-order valence-electron chi connectivity index (χ4n) is 5.80. The van der Waals surface area contributed by atoms with Gasteiger partial charge in [0.15, 0.2) is 0 Å². The van der Waals surface area contributed by atoms with Crippen molar-refractivity contribution in [2.45, 2.75) is 50.7 Å². The maximum atomic E-state index is 15.4. The Bertz CT molecular complexity index is 1500. The molecule has 40 heavy (non-hydrogen) atoms. The lowest BCUT2D eigenvalue weighted by Crippen LogP contribution is -2.47. The molecule has 1 N–H and O–H groups in total. The molecule has 1 fully saturated rings. The zero-order valence-corrected chi connectivity index (χ0v) is 23.3. The van der Waals surface area contributed by atoms with Crippen LogP contribution in [-0.4, -0.2) is 70.5 Å². The van der Waals surface area contributed by atoms with Crippen molar-refractivity contribution in [2.75, 3.05) is 39.6 Å². The number of imidazole rings is 1. The van der Waals surface area contributed by atoms with Gasteiger partial charge in [-0.2, -0.15) is 0 Å². The Morgan fingerprint density at radius 1 is 1.27 bits per heavy atom. The molecule has 2 atom stereocenters. The summed E-state index contributed by atoms with van der Waals surface area (Å²) >= 11 is 0. The van der Waals surface area contributed by atoms with E-state index in [1.54, 1.807) is 32.3 Å². The molecule has 1 aliphatic carbocycles. The third-order valence-corrected chi connectivity index (χ3v) is 7.75. The molecule has 3 aromatic rings. The minimum Gasteiger partial charge on any atom is -0.505 e. The molecule has 0 unspecified atom stereocenters. The Balaban J connectivity index is 1.61. The maximum Gasteiger partial charge on any atom is 0.260 e. The molecule has 9 nitrogen and oxygen atoms in total. The Hall–Kier alpha value is -4.04. The number of alkyl halides is 2. The van der Waals surface area contributed by atoms with E-state index >= 15 is 8.78 Å². The number of amides is 1. The fraction of sp³-hybridized carbons (Fsp3) is 0.448. The number of anilines is 1. The van der Waals surface area contributed by atoms with Gasteiger partial charge in [0.25, 0.3) is 11.8 Å². The van der Waals surface area contributed by atoms with E-state index < -0.39 is 17.4 Å². The fourth-order valence-corrected chi connectivity index (χ4v) is 5.80. The van der Waals surface area contributed by atoms with Crippen LogP contribution in [0.15, 0.2) is 36.8 Å². The predicted octanol–water partition coefficient (Wildman–Crippen LogP) is 4.87. The second kappa shape index (κ2) is 10.2. The van der Waals surface area contributed by atoms with Crippen LogP contribution in [0.25, 0.3) is 4.85 Å². The highest BCUT2D eigenvalue weighted by Crippen LogP contribution is 2.65. The molecule has 11 heteroatoms. The SMILES string of the molecule is [C-]#[N+]c1cnc([C@@H](C)N2C[C@@]3(CC3(F)F)c3c(CN(C)C)cc(Cn4ccnc4NC)cc3C2=O)cc1OCC. The van der Waals surface area contributed by atoms with E-state index in [0.29, 0.717) is 48.2 Å². The van der Waals surface area contributed by atoms with Crippen molar-refractivity contribution in [3.63, 3.8) is 0 Å². The van der Waals surface area contributed by atoms with Gasteiger partial charge in [-0.1, -0.05) is 6.07 Å². The predicted molar refractivity (Wildman–Crippen MR) is 147 cm³/mol. The normalized spacial score (nSPS) is 19.9. The molecule has 0 bridgehead atoms. The minimum atomic E-state index is -2.94. The Labute approximate surface area is 232 Å². The van der Waals surface area contributed by atoms with Gasteiger partial charge in [-0.15, -0.1) is 0 Å². The molecule has 3 heterocycles. The van der Waals surface area contributed by atoms with Gasteiger partial charge >= 0.3 is 0 Å². The van der Waals surface area contributed by atoms with Crippen LogP contribution in [0.5, 0.6) is 5.75 Å². The molecular formula is C29H33F2N7O2. The second-order valence-corrected chi connectivity index (χ2v) is 10.7. The number of pyridine rings is 1. The summed E-state index contributed by atoms with van der Waals surface area (Å²) in [6.07, 6.45) is 4.61. The molecule has 1 aromatic carbocycles. The molecule has 2 aliphatic rings. The maximum absolute atomic E-state index is 15.4. The van der Waals surface area contributed by atoms with Crippen molar-refractivity contribution in [3.8, 4) is 5.75 Å². The topological polar surface area (TPSA) is 79.9 Å². The molecule has 1 aliphatic heterocycles. The van der Waals surface area contributed by atoms with E-state index in [2.05, 4.69) is 20.1 Å². The van der Waals surface area contributed by atoms with Crippen LogP contribution in [-0.2, 0) is 18.5 Å². The highest BCUT2D eigenvalue weighted by molar-refractivity contribution is 5.99. The number of carbonyl (C=O) groups is 1. The van der Waals surface area contributed by atoms with Crippen molar-refractivity contribution in [3.05, 3.63) is 76.2 Å². The van der Waals surface area contributed by atoms with E-state index in [1.807, 2.05) is 42.7 Å². The summed E-state index contributed by atoms with van der Waals surface area (Å²) in [6, 6.07) is 4.72. The first-order chi connectivity index (χ1) is 19.0. The van der Waals surface area contributed by atoms with Crippen molar-refractivity contribution >= 4 is 17.5 Å². The smallest absolute Gasteiger partial charge is 0.260 e. The largest absolute Gasteiger partial charge is 0.505 e. The highest BCUT2D eigenvalue weighted by Gasteiger charge is 2.75. The second-order valence-electron chi connectivity index (χ2n) is 10.7. The van der Waals surface area contributed by atoms with Crippen LogP contribution >= 0.6 is 0 Å². The third-order valence-electron chi connectivity index (χ3n) is 7.75. The molecular weight excluding hydrogens is 516 g/mol. The van der Waals surface area contributed by atoms with Crippen molar-refractivity contribution in [2.24, 2.45) is 0 Å². The number of halogens is 2. The number of carbonyl (C=O) groups excluding carboxylic acids is 1. The summed E-state index contributed by atoms with van der Waals surface area (Å²) in [7, 11) is 5.55. The van der Waals surface area contributed by atoms with Gasteiger partial charge in [-0.3, -0.25) is 9.78 Å². The van der Waals surface area contributed by atoms with Crippen molar-refractivity contribution < 1.29 is 18.3 Å². The van der Waals surface area contributed by atoms with Crippen molar-refractivity contribution in [1.29, 1.82) is 0 Å². The van der Waals surface area contributed by atoms with Crippen LogP contribution in [0.4, 0.5) is 20.4 Å². The molecule has 210 valence electrons. The van der Waals surface area contributed by atoms with Gasteiger partial charge in [0.1, 0.15) is 5.75 Å². The zero-order chi connectivity index (χ0) is 28.8. The summed E-state index contributed by atoms with van der Waals surface area (Å²) in [4.78, 5) is 29.7. The molecule has 0 radical (unpaired) electrons. The summed E-state index contributed by atoms with van der Waals surface area (Å²) in [6.45, 7) is 12.1. The Morgan fingerprint density at radius 3 is 2.65 bits per heavy atom. The lowest BCUT2D eigenvalue weighted by Gasteiger charge is -2.40. The molecule has 1 saturated carbocycles. The quantitative estimate of drug-likeness (QED) is 0.384. The van der Waals surface area contributed by atoms with E-state index in [9.17, 15) is 4.79 Å². The van der Waals surface area contributed by atoms with Crippen LogP contribution in [0, 0.1) is 6.57 Å². The Kier molecular flexibility index (Phi) is 7.00. The number of nitrogens with zero attached hydrogens (tertiary/aromatic N) is 6. The average molecular weight is 550 g/mol. The van der Waals surface area contributed by atoms with Crippen LogP contribution in [0.1, 0.15) is 59.1 Å². The molecule has 1 spiro atoms. The number of rotatable bonds is 9. The van der Waals surface area contributed by atoms with Gasteiger partial charge in [0, 0.05) is 50.7 Å². The van der Waals surface area contributed by atoms with Gasteiger partial charge < -0.3 is 24.4 Å². The number of nitrogens with one attached hydrogen (secondary N) is 1. The third kappa shape index (κ3) is 4.56. The van der Waals surface area contributed by atoms with E-state index in [1.165, 1.54) is 11.1 Å². The zero-order valence-electron chi connectivity index (χ0n) is 23.3. The first-order valence-electron chi connectivity index (χ1n) is 13.2. The molecule has 2 aromatic heterocycles. The monoisotopic (exact) mass is 549 g/mol. The number of hydrogen-bond acceptors (Lipinski definition) is 6. The lowest BCUT2D eigenvalue weighted by atomic mass is 9.80. The number of fused-ring (bicyclic) bond motifs is 2. The summed E-state index contributed by atoms with van der Waals surface area (Å²) in [5.41, 5.74) is 1.60. The van der Waals surface area contributed by atoms with E-state index in [0.717, 1.165) is 11.1 Å². The molecule has 5 rings (SSSR count). The molecule has 1 amide bonds. The van der Waals surface area contributed by atoms with Crippen molar-refractivity contribution in [1.82, 2.24) is 24.3 Å². The van der Waals surface area contributed by atoms with Crippen LogP contribution in [0.2, 0.25) is 0 Å². The van der Waals surface area contributed by atoms with E-state index in [4.69, 9.17) is 11.3 Å². The standard InChI is InChI=1S/C29H33F2N7O2/c1-7-40-24-12-22(35-13-23(24)32-3)18(2)38-17-28(16-29(28,30)31)25-20(15-36(5)6)10-19(11-21(25)26(38)39)14-37-9-8-34-27(37)33-4/h8-13,18H,7,14-17H2,1-2,4-6H3,(H,33,34)/t18-,28+/m1/s1. The molecule has 0 saturated heterocycles. The van der Waals surface area contributed by atoms with Crippen LogP contribution < -0.4 is 10.1 Å². The summed E-state index contributed by atoms with van der Waals surface area (Å²) < 4.78 is 38.3. The highest BCUT2D eigenvalue weighted by atomic mass is 19.3. The minimum absolute atomic E-state index is 0.117. The average Bonchev–Trinajstić information content (AvgIpc) is 3.20. The van der Waals surface area contributed by atoms with Gasteiger partial charge in [0.05, 0.1) is 36.9 Å². The number of hydrogen-bond donors (Lipinski definition) is 1. The Morgan fingerprint density at radius 2 is 2.02 bits per heavy atom. The first kappa shape index (κ1) is 27.5.